The number of amides is 2. The van der Waals surface area contributed by atoms with E-state index in [0.717, 1.165) is 35.0 Å². The maximum atomic E-state index is 12.9. The lowest BCUT2D eigenvalue weighted by Gasteiger charge is -2.40. The van der Waals surface area contributed by atoms with E-state index in [1.165, 1.54) is 11.1 Å². The highest BCUT2D eigenvalue weighted by molar-refractivity contribution is 9.10. The number of piperidine rings is 1. The predicted octanol–water partition coefficient (Wildman–Crippen LogP) is 5.56. The summed E-state index contributed by atoms with van der Waals surface area (Å²) >= 11 is 3.78. The van der Waals surface area contributed by atoms with Gasteiger partial charge in [-0.3, -0.25) is 0 Å². The molecule has 6 heteroatoms. The van der Waals surface area contributed by atoms with Crippen LogP contribution in [-0.4, -0.2) is 36.4 Å². The molecule has 2 amide bonds. The van der Waals surface area contributed by atoms with Crippen LogP contribution in [0, 0.1) is 0 Å². The molecule has 170 valence electrons. The van der Waals surface area contributed by atoms with Crippen LogP contribution in [0.3, 0.4) is 0 Å². The van der Waals surface area contributed by atoms with Crippen molar-refractivity contribution in [2.24, 2.45) is 0 Å². The highest BCUT2D eigenvalue weighted by Crippen LogP contribution is 2.55. The van der Waals surface area contributed by atoms with Crippen molar-refractivity contribution >= 4 is 27.7 Å². The molecule has 1 spiro atoms. The summed E-state index contributed by atoms with van der Waals surface area (Å²) in [6, 6.07) is 14.1. The van der Waals surface area contributed by atoms with Crippen molar-refractivity contribution in [1.29, 1.82) is 0 Å². The molecule has 4 rings (SSSR count). The van der Waals surface area contributed by atoms with Crippen molar-refractivity contribution in [2.45, 2.75) is 57.4 Å². The van der Waals surface area contributed by atoms with Crippen molar-refractivity contribution in [2.75, 3.05) is 19.7 Å². The number of hydrogen-bond acceptors (Lipinski definition) is 3. The lowest BCUT2D eigenvalue weighted by Crippen LogP contribution is -2.48. The maximum absolute atomic E-state index is 12.9. The molecule has 0 aromatic heterocycles. The van der Waals surface area contributed by atoms with Gasteiger partial charge in [-0.25, -0.2) is 4.79 Å². The summed E-state index contributed by atoms with van der Waals surface area (Å²) in [5, 5.41) is 3.06. The molecule has 1 atom stereocenters. The number of Topliss-reactive ketones (excluding diaryl/α,β-unsaturated/α-hetero) is 1. The third-order valence-electron chi connectivity index (χ3n) is 6.90. The average molecular weight is 499 g/mol. The van der Waals surface area contributed by atoms with E-state index in [0.29, 0.717) is 32.7 Å². The molecule has 2 aliphatic rings. The second-order valence-corrected chi connectivity index (χ2v) is 9.83. The third-order valence-corrected chi connectivity index (χ3v) is 7.56. The van der Waals surface area contributed by atoms with Gasteiger partial charge in [0.2, 0.25) is 0 Å². The van der Waals surface area contributed by atoms with Crippen molar-refractivity contribution in [3.05, 3.63) is 63.6 Å². The zero-order valence-corrected chi connectivity index (χ0v) is 20.4. The van der Waals surface area contributed by atoms with E-state index < -0.39 is 0 Å². The van der Waals surface area contributed by atoms with Gasteiger partial charge in [0.1, 0.15) is 11.5 Å². The van der Waals surface area contributed by atoms with E-state index in [9.17, 15) is 9.59 Å². The average Bonchev–Trinajstić information content (AvgIpc) is 3.07. The minimum Gasteiger partial charge on any atom is -0.494 e. The van der Waals surface area contributed by atoms with Crippen molar-refractivity contribution in [1.82, 2.24) is 10.2 Å². The van der Waals surface area contributed by atoms with Crippen LogP contribution in [0.15, 0.2) is 46.9 Å². The zero-order chi connectivity index (χ0) is 22.7. The number of likely N-dealkylation sites (tertiary alicyclic amines) is 1. The van der Waals surface area contributed by atoms with Gasteiger partial charge in [0.05, 0.1) is 6.61 Å². The largest absolute Gasteiger partial charge is 0.494 e. The van der Waals surface area contributed by atoms with Crippen LogP contribution in [0.25, 0.3) is 0 Å². The van der Waals surface area contributed by atoms with Crippen LogP contribution >= 0.6 is 15.9 Å². The van der Waals surface area contributed by atoms with Gasteiger partial charge >= 0.3 is 6.03 Å². The Hall–Kier alpha value is -2.34. The minimum atomic E-state index is -0.0308. The number of hydrogen-bond donors (Lipinski definition) is 1. The van der Waals surface area contributed by atoms with Gasteiger partial charge in [-0.1, -0.05) is 46.3 Å². The first kappa shape index (κ1) is 22.8. The SMILES string of the molecule is CCOc1ccccc1CNC(=O)N1CCC2(CC1)CC(CC(C)=O)c1cccc(Br)c12. The number of nitrogens with zero attached hydrogens (tertiary/aromatic N) is 1. The van der Waals surface area contributed by atoms with Crippen LogP contribution < -0.4 is 10.1 Å². The normalized spacial score (nSPS) is 19.0. The Kier molecular flexibility index (Phi) is 6.89. The Labute approximate surface area is 198 Å². The molecule has 2 aromatic rings. The summed E-state index contributed by atoms with van der Waals surface area (Å²) < 4.78 is 6.80. The van der Waals surface area contributed by atoms with Crippen LogP contribution in [0.4, 0.5) is 4.79 Å². The monoisotopic (exact) mass is 498 g/mol. The molecule has 1 aliphatic heterocycles. The predicted molar refractivity (Wildman–Crippen MR) is 129 cm³/mol. The molecule has 2 aromatic carbocycles. The van der Waals surface area contributed by atoms with E-state index in [1.54, 1.807) is 6.92 Å². The second kappa shape index (κ2) is 9.65. The topological polar surface area (TPSA) is 58.6 Å². The summed E-state index contributed by atoms with van der Waals surface area (Å²) in [4.78, 5) is 26.7. The van der Waals surface area contributed by atoms with Crippen LogP contribution in [0.1, 0.15) is 62.1 Å². The van der Waals surface area contributed by atoms with E-state index in [4.69, 9.17) is 4.74 Å². The molecule has 0 saturated carbocycles. The Morgan fingerprint density at radius 1 is 1.16 bits per heavy atom. The van der Waals surface area contributed by atoms with Gasteiger partial charge in [-0.2, -0.15) is 0 Å². The van der Waals surface area contributed by atoms with Gasteiger partial charge in [0, 0.05) is 41.5 Å². The number of ether oxygens (including phenoxy) is 1. The molecule has 1 fully saturated rings. The van der Waals surface area contributed by atoms with E-state index in [2.05, 4.69) is 39.4 Å². The van der Waals surface area contributed by atoms with Gasteiger partial charge in [0.25, 0.3) is 0 Å². The van der Waals surface area contributed by atoms with Crippen LogP contribution in [0.2, 0.25) is 0 Å². The number of carbonyl (C=O) groups excluding carboxylic acids is 2. The highest BCUT2D eigenvalue weighted by atomic mass is 79.9. The second-order valence-electron chi connectivity index (χ2n) is 8.98. The van der Waals surface area contributed by atoms with Gasteiger partial charge in [0.15, 0.2) is 0 Å². The van der Waals surface area contributed by atoms with E-state index in [-0.39, 0.29) is 23.1 Å². The number of rotatable bonds is 6. The lowest BCUT2D eigenvalue weighted by atomic mass is 9.73. The smallest absolute Gasteiger partial charge is 0.317 e. The van der Waals surface area contributed by atoms with Crippen molar-refractivity contribution in [3.8, 4) is 5.75 Å². The molecule has 1 saturated heterocycles. The number of urea groups is 1. The van der Waals surface area contributed by atoms with Gasteiger partial charge < -0.3 is 19.7 Å². The number of para-hydroxylation sites is 1. The molecular weight excluding hydrogens is 468 g/mol. The molecule has 0 bridgehead atoms. The molecule has 32 heavy (non-hydrogen) atoms. The lowest BCUT2D eigenvalue weighted by molar-refractivity contribution is -0.117. The third kappa shape index (κ3) is 4.56. The number of carbonyl (C=O) groups is 2. The summed E-state index contributed by atoms with van der Waals surface area (Å²) in [5.41, 5.74) is 3.68. The minimum absolute atomic E-state index is 0.0308. The standard InChI is InChI=1S/C26H31BrN2O3/c1-3-32-23-10-5-4-7-19(23)17-28-25(31)29-13-11-26(12-14-29)16-20(15-18(2)30)21-8-6-9-22(27)24(21)26/h4-10,20H,3,11-17H2,1-2H3,(H,28,31). The molecule has 1 N–H and O–H groups in total. The van der Waals surface area contributed by atoms with Gasteiger partial charge in [-0.15, -0.1) is 0 Å². The summed E-state index contributed by atoms with van der Waals surface area (Å²) in [6.45, 7) is 6.12. The Balaban J connectivity index is 1.42. The van der Waals surface area contributed by atoms with Crippen molar-refractivity contribution < 1.29 is 14.3 Å². The molecule has 5 nitrogen and oxygen atoms in total. The first-order chi connectivity index (χ1) is 15.4. The fourth-order valence-corrected chi connectivity index (χ4v) is 6.28. The Bertz CT molecular complexity index is 998. The molecular formula is C26H31BrN2O3. The molecule has 1 unspecified atom stereocenters. The van der Waals surface area contributed by atoms with E-state index >= 15 is 0 Å². The first-order valence-corrected chi connectivity index (χ1v) is 12.2. The van der Waals surface area contributed by atoms with Gasteiger partial charge in [-0.05, 0) is 62.3 Å². The molecule has 1 heterocycles. The summed E-state index contributed by atoms with van der Waals surface area (Å²) in [7, 11) is 0. The fraction of sp³-hybridized carbons (Fsp3) is 0.462. The van der Waals surface area contributed by atoms with Crippen LogP contribution in [-0.2, 0) is 16.8 Å². The highest BCUT2D eigenvalue weighted by Gasteiger charge is 2.47. The number of halogens is 1. The Morgan fingerprint density at radius 2 is 1.91 bits per heavy atom. The zero-order valence-electron chi connectivity index (χ0n) is 18.8. The Morgan fingerprint density at radius 3 is 2.62 bits per heavy atom. The van der Waals surface area contributed by atoms with Crippen LogP contribution in [0.5, 0.6) is 5.75 Å². The summed E-state index contributed by atoms with van der Waals surface area (Å²) in [6.07, 6.45) is 3.41. The van der Waals surface area contributed by atoms with E-state index in [1.807, 2.05) is 36.1 Å². The number of fused-ring (bicyclic) bond motifs is 2. The summed E-state index contributed by atoms with van der Waals surface area (Å²) in [5.74, 6) is 1.33. The first-order valence-electron chi connectivity index (χ1n) is 11.5. The number of ketones is 1. The fourth-order valence-electron chi connectivity index (χ4n) is 5.47. The molecule has 1 aliphatic carbocycles. The maximum Gasteiger partial charge on any atom is 0.317 e. The number of nitrogens with one attached hydrogen (secondary N) is 1. The quantitative estimate of drug-likeness (QED) is 0.567. The van der Waals surface area contributed by atoms with Crippen molar-refractivity contribution in [3.63, 3.8) is 0 Å². The number of benzene rings is 2. The molecule has 0 radical (unpaired) electrons.